The molecule has 0 atom stereocenters. The second kappa shape index (κ2) is 7.48. The lowest BCUT2D eigenvalue weighted by molar-refractivity contribution is -0.122. The Morgan fingerprint density at radius 1 is 1.12 bits per heavy atom. The van der Waals surface area contributed by atoms with Gasteiger partial charge in [-0.15, -0.1) is 11.3 Å². The summed E-state index contributed by atoms with van der Waals surface area (Å²) in [6.45, 7) is 0.298. The van der Waals surface area contributed by atoms with Gasteiger partial charge in [0.1, 0.15) is 4.88 Å². The molecule has 1 aromatic heterocycles. The predicted octanol–water partition coefficient (Wildman–Crippen LogP) is 3.11. The first-order valence-corrected chi connectivity index (χ1v) is 8.86. The average molecular weight is 358 g/mol. The van der Waals surface area contributed by atoms with E-state index >= 15 is 0 Å². The van der Waals surface area contributed by atoms with Gasteiger partial charge in [0.15, 0.2) is 0 Å². The Bertz CT molecular complexity index is 811. The Morgan fingerprint density at radius 3 is 2.52 bits per heavy atom. The molecule has 1 aromatic carbocycles. The van der Waals surface area contributed by atoms with Crippen molar-refractivity contribution >= 4 is 34.8 Å². The van der Waals surface area contributed by atoms with Crippen molar-refractivity contribution in [3.05, 3.63) is 51.7 Å². The summed E-state index contributed by atoms with van der Waals surface area (Å²) in [5.41, 5.74) is 1.57. The lowest BCUT2D eigenvalue weighted by Crippen LogP contribution is -2.28. The average Bonchev–Trinajstić information content (AvgIpc) is 3.01. The number of carboxylic acid groups (broad SMARTS) is 1. The number of carboxylic acids is 1. The molecular formula is C18H18N2O4S. The molecular weight excluding hydrogens is 340 g/mol. The van der Waals surface area contributed by atoms with Gasteiger partial charge in [-0.25, -0.2) is 4.79 Å². The molecule has 130 valence electrons. The largest absolute Gasteiger partial charge is 0.477 e. The normalized spacial score (nSPS) is 13.8. The van der Waals surface area contributed by atoms with Gasteiger partial charge in [0, 0.05) is 18.2 Å². The van der Waals surface area contributed by atoms with Crippen LogP contribution in [0.2, 0.25) is 0 Å². The van der Waals surface area contributed by atoms with Gasteiger partial charge in [0.25, 0.3) is 5.91 Å². The molecule has 1 saturated carbocycles. The third kappa shape index (κ3) is 4.24. The number of carbonyl (C=O) groups excluding carboxylic acids is 2. The van der Waals surface area contributed by atoms with Crippen LogP contribution in [0.3, 0.4) is 0 Å². The Labute approximate surface area is 148 Å². The van der Waals surface area contributed by atoms with Crippen LogP contribution in [-0.4, -0.2) is 22.9 Å². The lowest BCUT2D eigenvalue weighted by Gasteiger charge is -2.24. The van der Waals surface area contributed by atoms with E-state index in [4.69, 9.17) is 5.11 Å². The Balaban J connectivity index is 1.57. The van der Waals surface area contributed by atoms with E-state index in [0.717, 1.165) is 36.2 Å². The van der Waals surface area contributed by atoms with Gasteiger partial charge in [-0.3, -0.25) is 9.59 Å². The van der Waals surface area contributed by atoms with Crippen molar-refractivity contribution < 1.29 is 19.5 Å². The highest BCUT2D eigenvalue weighted by atomic mass is 32.1. The van der Waals surface area contributed by atoms with E-state index in [-0.39, 0.29) is 22.6 Å². The summed E-state index contributed by atoms with van der Waals surface area (Å²) in [6, 6.07) is 10.2. The summed E-state index contributed by atoms with van der Waals surface area (Å²) < 4.78 is 0. The third-order valence-electron chi connectivity index (χ3n) is 4.16. The summed E-state index contributed by atoms with van der Waals surface area (Å²) >= 11 is 0.939. The first kappa shape index (κ1) is 17.2. The molecule has 3 rings (SSSR count). The number of aromatic carboxylic acids is 1. The van der Waals surface area contributed by atoms with E-state index < -0.39 is 5.97 Å². The highest BCUT2D eigenvalue weighted by Gasteiger charge is 2.25. The fourth-order valence-corrected chi connectivity index (χ4v) is 3.28. The number of hydrogen-bond acceptors (Lipinski definition) is 4. The van der Waals surface area contributed by atoms with Gasteiger partial charge < -0.3 is 15.7 Å². The molecule has 6 nitrogen and oxygen atoms in total. The molecule has 3 N–H and O–H groups in total. The zero-order valence-corrected chi connectivity index (χ0v) is 14.3. The van der Waals surface area contributed by atoms with Crippen LogP contribution in [0.4, 0.5) is 5.69 Å². The quantitative estimate of drug-likeness (QED) is 0.739. The molecule has 0 aliphatic heterocycles. The van der Waals surface area contributed by atoms with Crippen LogP contribution in [-0.2, 0) is 11.3 Å². The number of carbonyl (C=O) groups is 3. The molecule has 1 aliphatic carbocycles. The molecule has 1 aliphatic rings. The number of hydrogen-bond donors (Lipinski definition) is 3. The number of rotatable bonds is 6. The summed E-state index contributed by atoms with van der Waals surface area (Å²) in [7, 11) is 0. The van der Waals surface area contributed by atoms with E-state index in [1.54, 1.807) is 0 Å². The fourth-order valence-electron chi connectivity index (χ4n) is 2.52. The van der Waals surface area contributed by atoms with Crippen molar-refractivity contribution in [3.8, 4) is 0 Å². The molecule has 0 saturated heterocycles. The molecule has 25 heavy (non-hydrogen) atoms. The predicted molar refractivity (Wildman–Crippen MR) is 94.9 cm³/mol. The first-order chi connectivity index (χ1) is 12.0. The van der Waals surface area contributed by atoms with Gasteiger partial charge in [-0.1, -0.05) is 18.6 Å². The SMILES string of the molecule is O=C(O)c1ccc(C(=O)NCc2cccc(NC(=O)C3CCC3)c2)s1. The Morgan fingerprint density at radius 2 is 1.88 bits per heavy atom. The number of nitrogens with one attached hydrogen (secondary N) is 2. The minimum atomic E-state index is -1.04. The molecule has 2 amide bonds. The molecule has 1 heterocycles. The van der Waals surface area contributed by atoms with Gasteiger partial charge in [0.2, 0.25) is 5.91 Å². The smallest absolute Gasteiger partial charge is 0.345 e. The Hall–Kier alpha value is -2.67. The van der Waals surface area contributed by atoms with Crippen LogP contribution in [0.15, 0.2) is 36.4 Å². The molecule has 1 fully saturated rings. The zero-order valence-electron chi connectivity index (χ0n) is 13.5. The minimum absolute atomic E-state index is 0.0484. The van der Waals surface area contributed by atoms with Crippen molar-refractivity contribution in [3.63, 3.8) is 0 Å². The summed E-state index contributed by atoms with van der Waals surface area (Å²) in [4.78, 5) is 35.4. The van der Waals surface area contributed by atoms with Crippen molar-refractivity contribution in [2.75, 3.05) is 5.32 Å². The van der Waals surface area contributed by atoms with Crippen molar-refractivity contribution in [1.29, 1.82) is 0 Å². The number of anilines is 1. The van der Waals surface area contributed by atoms with E-state index in [9.17, 15) is 14.4 Å². The highest BCUT2D eigenvalue weighted by molar-refractivity contribution is 7.15. The maximum atomic E-state index is 12.1. The second-order valence-electron chi connectivity index (χ2n) is 5.97. The van der Waals surface area contributed by atoms with Crippen LogP contribution >= 0.6 is 11.3 Å². The van der Waals surface area contributed by atoms with Crippen LogP contribution in [0.5, 0.6) is 0 Å². The molecule has 0 radical (unpaired) electrons. The van der Waals surface area contributed by atoms with E-state index in [1.165, 1.54) is 12.1 Å². The molecule has 2 aromatic rings. The van der Waals surface area contributed by atoms with Gasteiger partial charge in [-0.05, 0) is 42.7 Å². The molecule has 0 spiro atoms. The summed E-state index contributed by atoms with van der Waals surface area (Å²) in [5, 5.41) is 14.6. The topological polar surface area (TPSA) is 95.5 Å². The highest BCUT2D eigenvalue weighted by Crippen LogP contribution is 2.27. The third-order valence-corrected chi connectivity index (χ3v) is 5.24. The van der Waals surface area contributed by atoms with Gasteiger partial charge in [-0.2, -0.15) is 0 Å². The number of amides is 2. The van der Waals surface area contributed by atoms with Crippen LogP contribution < -0.4 is 10.6 Å². The monoisotopic (exact) mass is 358 g/mol. The van der Waals surface area contributed by atoms with E-state index in [1.807, 2.05) is 24.3 Å². The van der Waals surface area contributed by atoms with Gasteiger partial charge in [0.05, 0.1) is 4.88 Å². The standard InChI is InChI=1S/C18H18N2O4S/c21-16(12-4-2-5-12)20-13-6-1-3-11(9-13)10-19-17(22)14-7-8-15(25-14)18(23)24/h1,3,6-9,12H,2,4-5,10H2,(H,19,22)(H,20,21)(H,23,24). The molecule has 0 unspecified atom stereocenters. The Kier molecular flexibility index (Phi) is 5.14. The molecule has 0 bridgehead atoms. The van der Waals surface area contributed by atoms with Crippen LogP contribution in [0.1, 0.15) is 44.2 Å². The van der Waals surface area contributed by atoms with Crippen molar-refractivity contribution in [1.82, 2.24) is 5.32 Å². The maximum Gasteiger partial charge on any atom is 0.345 e. The van der Waals surface area contributed by atoms with Crippen molar-refractivity contribution in [2.24, 2.45) is 5.92 Å². The minimum Gasteiger partial charge on any atom is -0.477 e. The second-order valence-corrected chi connectivity index (χ2v) is 7.05. The number of benzene rings is 1. The zero-order chi connectivity index (χ0) is 17.8. The summed E-state index contributed by atoms with van der Waals surface area (Å²) in [6.07, 6.45) is 3.00. The maximum absolute atomic E-state index is 12.1. The molecule has 7 heteroatoms. The lowest BCUT2D eigenvalue weighted by atomic mass is 9.85. The van der Waals surface area contributed by atoms with E-state index in [2.05, 4.69) is 10.6 Å². The van der Waals surface area contributed by atoms with Gasteiger partial charge >= 0.3 is 5.97 Å². The van der Waals surface area contributed by atoms with Crippen LogP contribution in [0, 0.1) is 5.92 Å². The number of thiophene rings is 1. The summed E-state index contributed by atoms with van der Waals surface area (Å²) in [5.74, 6) is -1.20. The van der Waals surface area contributed by atoms with Crippen molar-refractivity contribution in [2.45, 2.75) is 25.8 Å². The van der Waals surface area contributed by atoms with Crippen LogP contribution in [0.25, 0.3) is 0 Å². The van der Waals surface area contributed by atoms with E-state index in [0.29, 0.717) is 17.1 Å². The first-order valence-electron chi connectivity index (χ1n) is 8.04. The fraction of sp³-hybridized carbons (Fsp3) is 0.278.